The molecule has 21 heavy (non-hydrogen) atoms. The number of aromatic nitrogens is 2. The van der Waals surface area contributed by atoms with Gasteiger partial charge in [0, 0.05) is 11.5 Å². The average molecular weight is 305 g/mol. The number of hydrogen-bond donors (Lipinski definition) is 1. The quantitative estimate of drug-likeness (QED) is 0.912. The molecule has 5 heteroatoms. The van der Waals surface area contributed by atoms with E-state index in [0.29, 0.717) is 12.4 Å². The molecule has 2 N–H and O–H groups in total. The zero-order valence-electron chi connectivity index (χ0n) is 13.0. The molecule has 0 atom stereocenters. The molecule has 2 aromatic heterocycles. The predicted molar refractivity (Wildman–Crippen MR) is 87.7 cm³/mol. The third-order valence-electron chi connectivity index (χ3n) is 4.56. The topological polar surface area (TPSA) is 61.0 Å². The lowest BCUT2D eigenvalue weighted by atomic mass is 9.95. The number of nitrogens with two attached hydrogens (primary N) is 1. The van der Waals surface area contributed by atoms with Gasteiger partial charge >= 0.3 is 0 Å². The van der Waals surface area contributed by atoms with Crippen molar-refractivity contribution in [2.45, 2.75) is 58.5 Å². The van der Waals surface area contributed by atoms with E-state index in [2.05, 4.69) is 18.8 Å². The van der Waals surface area contributed by atoms with E-state index in [1.54, 1.807) is 11.3 Å². The highest BCUT2D eigenvalue weighted by molar-refractivity contribution is 7.19. The number of thiophene rings is 1. The summed E-state index contributed by atoms with van der Waals surface area (Å²) >= 11 is 1.78. The number of nitrogen functional groups attached to an aromatic ring is 1. The third-order valence-corrected chi connectivity index (χ3v) is 5.75. The van der Waals surface area contributed by atoms with Gasteiger partial charge in [-0.1, -0.05) is 13.8 Å². The Labute approximate surface area is 129 Å². The highest BCUT2D eigenvalue weighted by Gasteiger charge is 2.34. The second kappa shape index (κ2) is 5.54. The van der Waals surface area contributed by atoms with Crippen LogP contribution in [0.25, 0.3) is 10.2 Å². The Balaban J connectivity index is 2.16. The van der Waals surface area contributed by atoms with Gasteiger partial charge in [0.2, 0.25) is 0 Å². The molecule has 0 fully saturated rings. The maximum absolute atomic E-state index is 6.28. The second-order valence-corrected chi connectivity index (χ2v) is 6.69. The summed E-state index contributed by atoms with van der Waals surface area (Å²) in [6, 6.07) is 0. The van der Waals surface area contributed by atoms with Gasteiger partial charge in [-0.25, -0.2) is 9.97 Å². The van der Waals surface area contributed by atoms with Crippen molar-refractivity contribution >= 4 is 27.4 Å². The Morgan fingerprint density at radius 1 is 1.19 bits per heavy atom. The maximum Gasteiger partial charge on any atom is 0.164 e. The molecule has 114 valence electrons. The molecule has 0 spiro atoms. The second-order valence-electron chi connectivity index (χ2n) is 5.60. The van der Waals surface area contributed by atoms with Crippen LogP contribution >= 0.6 is 11.3 Å². The van der Waals surface area contributed by atoms with E-state index in [0.717, 1.165) is 41.7 Å². The summed E-state index contributed by atoms with van der Waals surface area (Å²) in [5, 5.41) is 1.09. The maximum atomic E-state index is 6.28. The molecule has 0 aliphatic heterocycles. The first-order valence-electron chi connectivity index (χ1n) is 7.87. The summed E-state index contributed by atoms with van der Waals surface area (Å²) in [6.07, 6.45) is 5.20. The van der Waals surface area contributed by atoms with Gasteiger partial charge in [0.1, 0.15) is 16.2 Å². The fourth-order valence-corrected chi connectivity index (χ4v) is 4.61. The number of aryl methyl sites for hydroxylation is 2. The summed E-state index contributed by atoms with van der Waals surface area (Å²) < 4.78 is 6.02. The van der Waals surface area contributed by atoms with Gasteiger partial charge in [-0.3, -0.25) is 0 Å². The van der Waals surface area contributed by atoms with Crippen molar-refractivity contribution in [1.29, 1.82) is 0 Å². The van der Waals surface area contributed by atoms with Crippen LogP contribution in [0.15, 0.2) is 0 Å². The minimum absolute atomic E-state index is 0.411. The smallest absolute Gasteiger partial charge is 0.164 e. The summed E-state index contributed by atoms with van der Waals surface area (Å²) in [5.41, 5.74) is 7.25. The van der Waals surface area contributed by atoms with Crippen LogP contribution in [-0.4, -0.2) is 16.6 Å². The Bertz CT molecular complexity index is 661. The average Bonchev–Trinajstić information content (AvgIpc) is 3.04. The van der Waals surface area contributed by atoms with Crippen molar-refractivity contribution in [2.75, 3.05) is 12.3 Å². The van der Waals surface area contributed by atoms with Crippen LogP contribution in [0.3, 0.4) is 0 Å². The van der Waals surface area contributed by atoms with E-state index >= 15 is 0 Å². The van der Waals surface area contributed by atoms with Crippen LogP contribution < -0.4 is 5.73 Å². The third kappa shape index (κ3) is 2.23. The Morgan fingerprint density at radius 2 is 1.95 bits per heavy atom. The molecule has 2 aromatic rings. The molecule has 3 rings (SSSR count). The van der Waals surface area contributed by atoms with Gasteiger partial charge in [0.15, 0.2) is 5.82 Å². The Hall–Kier alpha value is -1.20. The lowest BCUT2D eigenvalue weighted by Gasteiger charge is -2.30. The molecule has 1 aliphatic carbocycles. The van der Waals surface area contributed by atoms with E-state index in [-0.39, 0.29) is 0 Å². The zero-order valence-corrected chi connectivity index (χ0v) is 13.8. The van der Waals surface area contributed by atoms with E-state index < -0.39 is 5.60 Å². The Morgan fingerprint density at radius 3 is 2.62 bits per heavy atom. The van der Waals surface area contributed by atoms with Gasteiger partial charge < -0.3 is 10.5 Å². The van der Waals surface area contributed by atoms with Crippen molar-refractivity contribution in [3.05, 3.63) is 16.3 Å². The first kappa shape index (κ1) is 14.7. The molecule has 0 unspecified atom stereocenters. The predicted octanol–water partition coefficient (Wildman–Crippen LogP) is 3.81. The fraction of sp³-hybridized carbons (Fsp3) is 0.625. The first-order chi connectivity index (χ1) is 10.1. The van der Waals surface area contributed by atoms with Crippen LogP contribution in [0.4, 0.5) is 5.82 Å². The van der Waals surface area contributed by atoms with Crippen LogP contribution in [0.2, 0.25) is 0 Å². The van der Waals surface area contributed by atoms with Gasteiger partial charge in [0.25, 0.3) is 0 Å². The van der Waals surface area contributed by atoms with E-state index in [4.69, 9.17) is 15.5 Å². The van der Waals surface area contributed by atoms with E-state index in [1.165, 1.54) is 16.9 Å². The number of rotatable bonds is 5. The molecule has 0 radical (unpaired) electrons. The number of ether oxygens (including phenoxy) is 1. The normalized spacial score (nSPS) is 14.8. The first-order valence-corrected chi connectivity index (χ1v) is 8.69. The number of nitrogens with zero attached hydrogens (tertiary/aromatic N) is 2. The van der Waals surface area contributed by atoms with Crippen molar-refractivity contribution < 1.29 is 4.74 Å². The monoisotopic (exact) mass is 305 g/mol. The van der Waals surface area contributed by atoms with E-state index in [1.807, 2.05) is 6.92 Å². The number of fused-ring (bicyclic) bond motifs is 3. The standard InChI is InChI=1S/C16H23N3OS/c1-4-16(5-2,20-6-3)15-18-13(17)12-10-8-7-9-11(10)21-14(12)19-15/h4-9H2,1-3H3,(H2,17,18,19). The van der Waals surface area contributed by atoms with Crippen LogP contribution in [-0.2, 0) is 23.2 Å². The van der Waals surface area contributed by atoms with Crippen molar-refractivity contribution in [2.24, 2.45) is 0 Å². The van der Waals surface area contributed by atoms with Crippen LogP contribution in [0.5, 0.6) is 0 Å². The summed E-state index contributed by atoms with van der Waals surface area (Å²) in [5.74, 6) is 1.37. The highest BCUT2D eigenvalue weighted by Crippen LogP contribution is 2.40. The summed E-state index contributed by atoms with van der Waals surface area (Å²) in [7, 11) is 0. The summed E-state index contributed by atoms with van der Waals surface area (Å²) in [4.78, 5) is 11.9. The zero-order chi connectivity index (χ0) is 15.0. The lowest BCUT2D eigenvalue weighted by Crippen LogP contribution is -2.31. The molecule has 0 saturated heterocycles. The molecule has 0 saturated carbocycles. The Kier molecular flexibility index (Phi) is 3.88. The van der Waals surface area contributed by atoms with Crippen molar-refractivity contribution in [3.63, 3.8) is 0 Å². The van der Waals surface area contributed by atoms with Crippen LogP contribution in [0, 0.1) is 0 Å². The molecule has 0 bridgehead atoms. The summed E-state index contributed by atoms with van der Waals surface area (Å²) in [6.45, 7) is 6.92. The largest absolute Gasteiger partial charge is 0.383 e. The number of anilines is 1. The van der Waals surface area contributed by atoms with Gasteiger partial charge in [-0.2, -0.15) is 0 Å². The van der Waals surface area contributed by atoms with E-state index in [9.17, 15) is 0 Å². The molecular formula is C16H23N3OS. The van der Waals surface area contributed by atoms with Gasteiger partial charge in [-0.15, -0.1) is 11.3 Å². The van der Waals surface area contributed by atoms with Crippen LogP contribution in [0.1, 0.15) is 56.3 Å². The van der Waals surface area contributed by atoms with Crippen molar-refractivity contribution in [1.82, 2.24) is 9.97 Å². The lowest BCUT2D eigenvalue weighted by molar-refractivity contribution is -0.0567. The molecule has 1 aliphatic rings. The molecule has 4 nitrogen and oxygen atoms in total. The SMILES string of the molecule is CCOC(CC)(CC)c1nc(N)c2c3c(sc2n1)CCC3. The van der Waals surface area contributed by atoms with Gasteiger partial charge in [-0.05, 0) is 44.6 Å². The molecule has 0 amide bonds. The minimum atomic E-state index is -0.411. The highest BCUT2D eigenvalue weighted by atomic mass is 32.1. The van der Waals surface area contributed by atoms with Gasteiger partial charge in [0.05, 0.1) is 5.39 Å². The minimum Gasteiger partial charge on any atom is -0.383 e. The van der Waals surface area contributed by atoms with Crippen molar-refractivity contribution in [3.8, 4) is 0 Å². The molecule has 0 aromatic carbocycles. The molecule has 2 heterocycles. The number of hydrogen-bond acceptors (Lipinski definition) is 5. The molecular weight excluding hydrogens is 282 g/mol. The fourth-order valence-electron chi connectivity index (χ4n) is 3.34.